The molecule has 4 N–H and O–H groups in total. The maximum Gasteiger partial charge on any atom is 0.326 e. The topological polar surface area (TPSA) is 160 Å². The average molecular weight is 504 g/mol. The third-order valence-electron chi connectivity index (χ3n) is 4.85. The number of amides is 2. The number of ether oxygens (including phenoxy) is 3. The first kappa shape index (κ1) is 27.6. The number of hydrogen-bond acceptors (Lipinski definition) is 7. The number of methoxy groups -OCH3 is 3. The van der Waals surface area contributed by atoms with E-state index in [0.717, 1.165) is 12.1 Å². The third-order valence-corrected chi connectivity index (χ3v) is 4.85. The van der Waals surface area contributed by atoms with Crippen molar-refractivity contribution in [2.24, 2.45) is 0 Å². The Hall–Kier alpha value is -4.61. The van der Waals surface area contributed by atoms with Crippen molar-refractivity contribution < 1.29 is 48.0 Å². The molecule has 0 spiro atoms. The minimum absolute atomic E-state index is 0.0166. The highest BCUT2D eigenvalue weighted by Gasteiger charge is 2.25. The number of benzene rings is 2. The first-order valence-corrected chi connectivity index (χ1v) is 10.4. The molecule has 0 saturated heterocycles. The summed E-state index contributed by atoms with van der Waals surface area (Å²) in [4.78, 5) is 48.3. The molecule has 1 atom stereocenters. The van der Waals surface area contributed by atoms with E-state index in [9.17, 15) is 28.7 Å². The zero-order valence-electron chi connectivity index (χ0n) is 19.7. The maximum absolute atomic E-state index is 13.3. The van der Waals surface area contributed by atoms with Crippen LogP contribution in [0.5, 0.6) is 17.2 Å². The Bertz CT molecular complexity index is 1140. The SMILES string of the molecule is COc1cc(C(=O)NC(=Cc2ccc(F)cc2)C(=O)NC(CCC(=O)O)C(=O)O)cc(OC)c1OC. The van der Waals surface area contributed by atoms with Gasteiger partial charge in [0.05, 0.1) is 21.3 Å². The normalized spacial score (nSPS) is 11.7. The van der Waals surface area contributed by atoms with Crippen molar-refractivity contribution in [3.8, 4) is 17.2 Å². The predicted octanol–water partition coefficient (Wildman–Crippen LogP) is 2.06. The highest BCUT2D eigenvalue weighted by molar-refractivity contribution is 6.06. The van der Waals surface area contributed by atoms with Gasteiger partial charge >= 0.3 is 11.9 Å². The summed E-state index contributed by atoms with van der Waals surface area (Å²) in [7, 11) is 4.10. The minimum Gasteiger partial charge on any atom is -0.493 e. The van der Waals surface area contributed by atoms with Crippen LogP contribution in [-0.2, 0) is 14.4 Å². The van der Waals surface area contributed by atoms with E-state index >= 15 is 0 Å². The molecule has 0 aliphatic heterocycles. The quantitative estimate of drug-likeness (QED) is 0.317. The summed E-state index contributed by atoms with van der Waals surface area (Å²) in [6.45, 7) is 0. The summed E-state index contributed by atoms with van der Waals surface area (Å²) in [5.41, 5.74) is -0.0333. The maximum atomic E-state index is 13.3. The molecule has 2 aromatic rings. The van der Waals surface area contributed by atoms with Crippen molar-refractivity contribution >= 4 is 29.8 Å². The molecule has 0 heterocycles. The van der Waals surface area contributed by atoms with Crippen LogP contribution in [0.25, 0.3) is 6.08 Å². The smallest absolute Gasteiger partial charge is 0.326 e. The molecule has 0 aliphatic rings. The number of halogens is 1. The van der Waals surface area contributed by atoms with Gasteiger partial charge in [0.25, 0.3) is 11.8 Å². The number of carbonyl (C=O) groups is 4. The lowest BCUT2D eigenvalue weighted by Gasteiger charge is -2.17. The lowest BCUT2D eigenvalue weighted by molar-refractivity contribution is -0.142. The summed E-state index contributed by atoms with van der Waals surface area (Å²) in [6.07, 6.45) is 0.313. The van der Waals surface area contributed by atoms with Crippen molar-refractivity contribution in [1.82, 2.24) is 10.6 Å². The van der Waals surface area contributed by atoms with Crippen LogP contribution in [0.2, 0.25) is 0 Å². The average Bonchev–Trinajstić information content (AvgIpc) is 2.85. The summed E-state index contributed by atoms with van der Waals surface area (Å²) in [5.74, 6) is -4.42. The number of carbonyl (C=O) groups excluding carboxylic acids is 2. The van der Waals surface area contributed by atoms with Crippen molar-refractivity contribution in [2.45, 2.75) is 18.9 Å². The van der Waals surface area contributed by atoms with Crippen molar-refractivity contribution in [1.29, 1.82) is 0 Å². The molecule has 11 nitrogen and oxygen atoms in total. The molecule has 192 valence electrons. The fourth-order valence-electron chi connectivity index (χ4n) is 3.05. The van der Waals surface area contributed by atoms with Crippen LogP contribution >= 0.6 is 0 Å². The van der Waals surface area contributed by atoms with Crippen molar-refractivity contribution in [2.75, 3.05) is 21.3 Å². The van der Waals surface area contributed by atoms with E-state index < -0.39 is 42.0 Å². The van der Waals surface area contributed by atoms with Crippen LogP contribution in [0.3, 0.4) is 0 Å². The summed E-state index contributed by atoms with van der Waals surface area (Å²) in [5, 5.41) is 22.8. The molecule has 0 aromatic heterocycles. The van der Waals surface area contributed by atoms with Crippen LogP contribution in [0.4, 0.5) is 4.39 Å². The summed E-state index contributed by atoms with van der Waals surface area (Å²) < 4.78 is 29.0. The fourth-order valence-corrected chi connectivity index (χ4v) is 3.05. The number of aliphatic carboxylic acids is 2. The Morgan fingerprint density at radius 1 is 0.972 bits per heavy atom. The lowest BCUT2D eigenvalue weighted by atomic mass is 10.1. The lowest BCUT2D eigenvalue weighted by Crippen LogP contribution is -2.44. The Morgan fingerprint density at radius 2 is 1.56 bits per heavy atom. The molecule has 36 heavy (non-hydrogen) atoms. The van der Waals surface area contributed by atoms with E-state index in [2.05, 4.69) is 10.6 Å². The Kier molecular flexibility index (Phi) is 9.78. The van der Waals surface area contributed by atoms with E-state index in [1.807, 2.05) is 0 Å². The van der Waals surface area contributed by atoms with E-state index in [4.69, 9.17) is 19.3 Å². The first-order chi connectivity index (χ1) is 17.1. The zero-order valence-corrected chi connectivity index (χ0v) is 19.7. The summed E-state index contributed by atoms with van der Waals surface area (Å²) >= 11 is 0. The molecule has 0 aliphatic carbocycles. The molecule has 0 fully saturated rings. The fraction of sp³-hybridized carbons (Fsp3) is 0.250. The van der Waals surface area contributed by atoms with E-state index in [1.54, 1.807) is 0 Å². The third kappa shape index (κ3) is 7.45. The second-order valence-electron chi connectivity index (χ2n) is 7.27. The highest BCUT2D eigenvalue weighted by atomic mass is 19.1. The van der Waals surface area contributed by atoms with Gasteiger partial charge in [0.15, 0.2) is 11.5 Å². The number of nitrogens with one attached hydrogen (secondary N) is 2. The second kappa shape index (κ2) is 12.7. The first-order valence-electron chi connectivity index (χ1n) is 10.4. The van der Waals surface area contributed by atoms with Crippen molar-refractivity contribution in [3.63, 3.8) is 0 Å². The van der Waals surface area contributed by atoms with Crippen LogP contribution in [0.15, 0.2) is 42.1 Å². The van der Waals surface area contributed by atoms with Crippen LogP contribution < -0.4 is 24.8 Å². The molecule has 12 heteroatoms. The van der Waals surface area contributed by atoms with Gasteiger partial charge in [-0.1, -0.05) is 12.1 Å². The predicted molar refractivity (Wildman–Crippen MR) is 124 cm³/mol. The monoisotopic (exact) mass is 504 g/mol. The Labute approximate surface area is 205 Å². The van der Waals surface area contributed by atoms with Gasteiger partial charge in [-0.3, -0.25) is 14.4 Å². The molecule has 0 saturated carbocycles. The number of hydrogen-bond donors (Lipinski definition) is 4. The summed E-state index contributed by atoms with van der Waals surface area (Å²) in [6, 6.07) is 6.10. The second-order valence-corrected chi connectivity index (χ2v) is 7.27. The van der Waals surface area contributed by atoms with Gasteiger partial charge in [-0.15, -0.1) is 0 Å². The molecule has 2 rings (SSSR count). The number of carboxylic acid groups (broad SMARTS) is 2. The van der Waals surface area contributed by atoms with E-state index in [1.165, 1.54) is 51.7 Å². The number of rotatable bonds is 12. The number of carboxylic acids is 2. The van der Waals surface area contributed by atoms with Gasteiger partial charge in [-0.2, -0.15) is 0 Å². The van der Waals surface area contributed by atoms with Crippen LogP contribution in [-0.4, -0.2) is 61.3 Å². The van der Waals surface area contributed by atoms with E-state index in [-0.39, 0.29) is 34.9 Å². The van der Waals surface area contributed by atoms with Gasteiger partial charge < -0.3 is 35.1 Å². The molecule has 1 unspecified atom stereocenters. The van der Waals surface area contributed by atoms with Crippen LogP contribution in [0, 0.1) is 5.82 Å². The molecular formula is C24H25FN2O9. The van der Waals surface area contributed by atoms with Gasteiger partial charge in [-0.05, 0) is 42.3 Å². The van der Waals surface area contributed by atoms with Gasteiger partial charge in [-0.25, -0.2) is 9.18 Å². The Morgan fingerprint density at radius 3 is 2.03 bits per heavy atom. The largest absolute Gasteiger partial charge is 0.493 e. The van der Waals surface area contributed by atoms with E-state index in [0.29, 0.717) is 5.56 Å². The molecule has 0 bridgehead atoms. The zero-order chi connectivity index (χ0) is 26.8. The van der Waals surface area contributed by atoms with Crippen LogP contribution in [0.1, 0.15) is 28.8 Å². The minimum atomic E-state index is -1.54. The molecule has 2 aromatic carbocycles. The van der Waals surface area contributed by atoms with Gasteiger partial charge in [0.1, 0.15) is 17.6 Å². The van der Waals surface area contributed by atoms with Crippen molar-refractivity contribution in [3.05, 3.63) is 59.0 Å². The standard InChI is InChI=1S/C24H25FN2O9/c1-34-18-11-14(12-19(35-2)21(18)36-3)22(30)27-17(10-13-4-6-15(25)7-5-13)23(31)26-16(24(32)33)8-9-20(28)29/h4-7,10-12,16H,8-9H2,1-3H3,(H,26,31)(H,27,30)(H,28,29)(H,32,33). The molecule has 0 radical (unpaired) electrons. The Balaban J connectivity index is 2.42. The highest BCUT2D eigenvalue weighted by Crippen LogP contribution is 2.38. The van der Waals surface area contributed by atoms with Gasteiger partial charge in [0.2, 0.25) is 5.75 Å². The molecular weight excluding hydrogens is 479 g/mol. The van der Waals surface area contributed by atoms with Gasteiger partial charge in [0, 0.05) is 12.0 Å². The molecule has 2 amide bonds.